The van der Waals surface area contributed by atoms with E-state index in [2.05, 4.69) is 24.1 Å². The summed E-state index contributed by atoms with van der Waals surface area (Å²) in [7, 11) is 0. The van der Waals surface area contributed by atoms with Crippen LogP contribution >= 0.6 is 0 Å². The molecule has 3 fully saturated rings. The molecule has 2 aliphatic heterocycles. The highest BCUT2D eigenvalue weighted by atomic mass is 16.2. The molecule has 1 aliphatic carbocycles. The van der Waals surface area contributed by atoms with Gasteiger partial charge in [-0.3, -0.25) is 14.5 Å². The zero-order valence-corrected chi connectivity index (χ0v) is 15.9. The molecule has 1 aromatic rings. The Balaban J connectivity index is 1.32. The van der Waals surface area contributed by atoms with Crippen molar-refractivity contribution in [2.45, 2.75) is 63.7 Å². The number of rotatable bonds is 5. The van der Waals surface area contributed by atoms with Gasteiger partial charge < -0.3 is 14.8 Å². The monoisotopic (exact) mass is 358 g/mol. The van der Waals surface area contributed by atoms with Gasteiger partial charge in [-0.1, -0.05) is 0 Å². The van der Waals surface area contributed by atoms with Crippen molar-refractivity contribution >= 4 is 11.8 Å². The third-order valence-corrected chi connectivity index (χ3v) is 6.68. The summed E-state index contributed by atoms with van der Waals surface area (Å²) in [6.45, 7) is 6.77. The predicted octanol–water partition coefficient (Wildman–Crippen LogP) is 1.47. The van der Waals surface area contributed by atoms with Gasteiger partial charge in [0.1, 0.15) is 6.54 Å². The summed E-state index contributed by atoms with van der Waals surface area (Å²) < 4.78 is 1.90. The van der Waals surface area contributed by atoms with Crippen LogP contribution in [0.15, 0.2) is 24.5 Å². The highest BCUT2D eigenvalue weighted by Crippen LogP contribution is 2.37. The maximum atomic E-state index is 12.7. The number of likely N-dealkylation sites (tertiary alicyclic amines) is 2. The zero-order valence-electron chi connectivity index (χ0n) is 15.9. The molecule has 6 heteroatoms. The summed E-state index contributed by atoms with van der Waals surface area (Å²) in [5.41, 5.74) is -0.357. The first kappa shape index (κ1) is 17.6. The van der Waals surface area contributed by atoms with E-state index in [-0.39, 0.29) is 23.4 Å². The zero-order chi connectivity index (χ0) is 18.3. The van der Waals surface area contributed by atoms with Gasteiger partial charge in [-0.2, -0.15) is 0 Å². The molecule has 1 aromatic heterocycles. The van der Waals surface area contributed by atoms with Gasteiger partial charge in [0.25, 0.3) is 0 Å². The van der Waals surface area contributed by atoms with Crippen molar-refractivity contribution in [2.75, 3.05) is 19.6 Å². The maximum Gasteiger partial charge on any atom is 0.243 e. The SMILES string of the molecule is CC1(C)C(NC(=O)CN2CC3CCC2C3)CCN1C(=O)Cn1cccc1. The summed E-state index contributed by atoms with van der Waals surface area (Å²) in [6, 6.07) is 4.48. The van der Waals surface area contributed by atoms with Crippen LogP contribution in [-0.4, -0.2) is 63.4 Å². The second-order valence-electron chi connectivity index (χ2n) is 8.73. The van der Waals surface area contributed by atoms with E-state index in [9.17, 15) is 9.59 Å². The van der Waals surface area contributed by atoms with Crippen LogP contribution in [0.2, 0.25) is 0 Å². The largest absolute Gasteiger partial charge is 0.350 e. The lowest BCUT2D eigenvalue weighted by Crippen LogP contribution is -2.56. The van der Waals surface area contributed by atoms with E-state index in [0.29, 0.717) is 25.7 Å². The Morgan fingerprint density at radius 3 is 2.54 bits per heavy atom. The molecule has 142 valence electrons. The number of carbonyl (C=O) groups excluding carboxylic acids is 2. The third kappa shape index (κ3) is 3.27. The Hall–Kier alpha value is -1.82. The van der Waals surface area contributed by atoms with E-state index in [1.165, 1.54) is 19.3 Å². The number of carbonyl (C=O) groups is 2. The second-order valence-corrected chi connectivity index (χ2v) is 8.73. The average Bonchev–Trinajstić information content (AvgIpc) is 3.34. The molecule has 3 unspecified atom stereocenters. The molecule has 3 atom stereocenters. The van der Waals surface area contributed by atoms with Gasteiger partial charge in [0.2, 0.25) is 11.8 Å². The third-order valence-electron chi connectivity index (χ3n) is 6.68. The molecule has 2 saturated heterocycles. The van der Waals surface area contributed by atoms with Gasteiger partial charge in [-0.05, 0) is 57.6 Å². The van der Waals surface area contributed by atoms with Crippen molar-refractivity contribution in [1.82, 2.24) is 19.7 Å². The number of hydrogen-bond donors (Lipinski definition) is 1. The quantitative estimate of drug-likeness (QED) is 0.867. The summed E-state index contributed by atoms with van der Waals surface area (Å²) >= 11 is 0. The van der Waals surface area contributed by atoms with Crippen molar-refractivity contribution in [3.8, 4) is 0 Å². The molecule has 2 amide bonds. The van der Waals surface area contributed by atoms with Crippen LogP contribution in [0.5, 0.6) is 0 Å². The number of nitrogens with zero attached hydrogens (tertiary/aromatic N) is 3. The molecule has 26 heavy (non-hydrogen) atoms. The highest BCUT2D eigenvalue weighted by molar-refractivity contribution is 5.80. The molecule has 3 aliphatic rings. The fourth-order valence-corrected chi connectivity index (χ4v) is 5.14. The minimum absolute atomic E-state index is 0.0170. The maximum absolute atomic E-state index is 12.7. The van der Waals surface area contributed by atoms with E-state index in [4.69, 9.17) is 0 Å². The molecule has 0 aromatic carbocycles. The van der Waals surface area contributed by atoms with Crippen LogP contribution in [0, 0.1) is 5.92 Å². The molecule has 1 N–H and O–H groups in total. The summed E-state index contributed by atoms with van der Waals surface area (Å²) in [4.78, 5) is 29.6. The van der Waals surface area contributed by atoms with Crippen LogP contribution in [0.25, 0.3) is 0 Å². The van der Waals surface area contributed by atoms with Crippen molar-refractivity contribution in [3.63, 3.8) is 0 Å². The normalized spacial score (nSPS) is 30.1. The average molecular weight is 358 g/mol. The molecular weight excluding hydrogens is 328 g/mol. The van der Waals surface area contributed by atoms with Crippen LogP contribution < -0.4 is 5.32 Å². The van der Waals surface area contributed by atoms with Crippen molar-refractivity contribution < 1.29 is 9.59 Å². The molecule has 4 rings (SSSR count). The van der Waals surface area contributed by atoms with Gasteiger partial charge in [-0.15, -0.1) is 0 Å². The molecule has 0 spiro atoms. The van der Waals surface area contributed by atoms with E-state index >= 15 is 0 Å². The number of amides is 2. The predicted molar refractivity (Wildman–Crippen MR) is 99.5 cm³/mol. The van der Waals surface area contributed by atoms with Gasteiger partial charge in [0.05, 0.1) is 18.1 Å². The number of aromatic nitrogens is 1. The van der Waals surface area contributed by atoms with Crippen LogP contribution in [0.1, 0.15) is 39.5 Å². The summed E-state index contributed by atoms with van der Waals surface area (Å²) in [5.74, 6) is 1.02. The Morgan fingerprint density at radius 2 is 1.88 bits per heavy atom. The van der Waals surface area contributed by atoms with Crippen LogP contribution in [0.3, 0.4) is 0 Å². The Labute approximate surface area is 155 Å². The van der Waals surface area contributed by atoms with Gasteiger partial charge in [0.15, 0.2) is 0 Å². The number of fused-ring (bicyclic) bond motifs is 2. The van der Waals surface area contributed by atoms with Crippen molar-refractivity contribution in [3.05, 3.63) is 24.5 Å². The fraction of sp³-hybridized carbons (Fsp3) is 0.700. The standard InChI is InChI=1S/C20H30N4O2/c1-20(2)17(7-10-24(20)19(26)14-22-8-3-4-9-22)21-18(25)13-23-12-15-5-6-16(23)11-15/h3-4,8-9,15-17H,5-7,10-14H2,1-2H3,(H,21,25). The molecule has 2 bridgehead atoms. The van der Waals surface area contributed by atoms with Crippen LogP contribution in [0.4, 0.5) is 0 Å². The van der Waals surface area contributed by atoms with Crippen LogP contribution in [-0.2, 0) is 16.1 Å². The first-order valence-corrected chi connectivity index (χ1v) is 9.88. The smallest absolute Gasteiger partial charge is 0.243 e. The molecule has 1 saturated carbocycles. The summed E-state index contributed by atoms with van der Waals surface area (Å²) in [5, 5.41) is 3.22. The molecule has 3 heterocycles. The molecular formula is C20H30N4O2. The molecule has 6 nitrogen and oxygen atoms in total. The van der Waals surface area contributed by atoms with Gasteiger partial charge in [0, 0.05) is 31.5 Å². The lowest BCUT2D eigenvalue weighted by molar-refractivity contribution is -0.136. The van der Waals surface area contributed by atoms with E-state index in [0.717, 1.165) is 18.9 Å². The molecule has 0 radical (unpaired) electrons. The Bertz CT molecular complexity index is 669. The minimum atomic E-state index is -0.357. The second kappa shape index (κ2) is 6.72. The van der Waals surface area contributed by atoms with Crippen molar-refractivity contribution in [2.24, 2.45) is 5.92 Å². The topological polar surface area (TPSA) is 57.6 Å². The number of hydrogen-bond acceptors (Lipinski definition) is 3. The fourth-order valence-electron chi connectivity index (χ4n) is 5.14. The van der Waals surface area contributed by atoms with E-state index in [1.807, 2.05) is 34.0 Å². The minimum Gasteiger partial charge on any atom is -0.350 e. The van der Waals surface area contributed by atoms with Gasteiger partial charge >= 0.3 is 0 Å². The van der Waals surface area contributed by atoms with Crippen molar-refractivity contribution in [1.29, 1.82) is 0 Å². The Kier molecular flexibility index (Phi) is 4.55. The van der Waals surface area contributed by atoms with E-state index in [1.54, 1.807) is 0 Å². The number of piperidine rings is 1. The lowest BCUT2D eigenvalue weighted by Gasteiger charge is -2.37. The Morgan fingerprint density at radius 1 is 1.12 bits per heavy atom. The summed E-state index contributed by atoms with van der Waals surface area (Å²) in [6.07, 6.45) is 8.48. The van der Waals surface area contributed by atoms with Gasteiger partial charge in [-0.25, -0.2) is 0 Å². The van der Waals surface area contributed by atoms with E-state index < -0.39 is 0 Å². The first-order valence-electron chi connectivity index (χ1n) is 9.88. The lowest BCUT2D eigenvalue weighted by atomic mass is 9.95. The highest BCUT2D eigenvalue weighted by Gasteiger charge is 2.45. The first-order chi connectivity index (χ1) is 12.4. The number of nitrogens with one attached hydrogen (secondary N) is 1.